The van der Waals surface area contributed by atoms with E-state index in [1.165, 1.54) is 18.2 Å². The average molecular weight is 318 g/mol. The van der Waals surface area contributed by atoms with Gasteiger partial charge in [-0.1, -0.05) is 0 Å². The second-order valence-electron chi connectivity index (χ2n) is 4.37. The standard InChI is InChI=1S/C12H10N6O5/c13-6-1-2-9(8(14)3-6)15-16-10-4-7(17(20)21)5-11(12(10)19)18(22)23/h1-5,19H,13-14H2. The monoisotopic (exact) mass is 318 g/mol. The fraction of sp³-hybridized carbons (Fsp3) is 0. The van der Waals surface area contributed by atoms with Crippen molar-refractivity contribution in [2.24, 2.45) is 10.2 Å². The first-order valence-electron chi connectivity index (χ1n) is 6.02. The van der Waals surface area contributed by atoms with Gasteiger partial charge in [0.2, 0.25) is 5.75 Å². The molecule has 0 bridgehead atoms. The molecule has 0 saturated heterocycles. The minimum absolute atomic E-state index is 0.188. The molecule has 2 aromatic rings. The second kappa shape index (κ2) is 5.93. The smallest absolute Gasteiger partial charge is 0.319 e. The lowest BCUT2D eigenvalue weighted by Crippen LogP contribution is -1.93. The van der Waals surface area contributed by atoms with Gasteiger partial charge in [0.25, 0.3) is 5.69 Å². The fourth-order valence-electron chi connectivity index (χ4n) is 1.68. The Kier molecular flexibility index (Phi) is 4.03. The van der Waals surface area contributed by atoms with Crippen LogP contribution in [-0.4, -0.2) is 15.0 Å². The lowest BCUT2D eigenvalue weighted by Gasteiger charge is -2.02. The molecule has 11 nitrogen and oxygen atoms in total. The third kappa shape index (κ3) is 3.29. The van der Waals surface area contributed by atoms with Crippen molar-refractivity contribution in [1.29, 1.82) is 0 Å². The Hall–Kier alpha value is -3.76. The Balaban J connectivity index is 2.52. The number of hydrogen-bond acceptors (Lipinski definition) is 9. The summed E-state index contributed by atoms with van der Waals surface area (Å²) in [6, 6.07) is 5.85. The molecule has 0 fully saturated rings. The Morgan fingerprint density at radius 2 is 1.61 bits per heavy atom. The van der Waals surface area contributed by atoms with Crippen LogP contribution in [0.4, 0.5) is 34.1 Å². The predicted octanol–water partition coefficient (Wildman–Crippen LogP) is 2.79. The van der Waals surface area contributed by atoms with Crippen molar-refractivity contribution in [1.82, 2.24) is 0 Å². The molecule has 11 heteroatoms. The number of hydrogen-bond donors (Lipinski definition) is 3. The van der Waals surface area contributed by atoms with E-state index in [0.717, 1.165) is 6.07 Å². The maximum absolute atomic E-state index is 10.8. The molecule has 2 rings (SSSR count). The Morgan fingerprint density at radius 3 is 2.17 bits per heavy atom. The number of nitro groups is 2. The summed E-state index contributed by atoms with van der Waals surface area (Å²) in [5.41, 5.74) is 10.1. The zero-order valence-corrected chi connectivity index (χ0v) is 11.4. The van der Waals surface area contributed by atoms with Gasteiger partial charge in [-0.25, -0.2) is 0 Å². The molecule has 0 aliphatic heterocycles. The van der Waals surface area contributed by atoms with Crippen LogP contribution in [0.15, 0.2) is 40.6 Å². The highest BCUT2D eigenvalue weighted by molar-refractivity contribution is 5.69. The van der Waals surface area contributed by atoms with Gasteiger partial charge in [-0.05, 0) is 18.2 Å². The number of rotatable bonds is 4. The third-order valence-corrected chi connectivity index (χ3v) is 2.78. The summed E-state index contributed by atoms with van der Waals surface area (Å²) in [4.78, 5) is 19.8. The maximum Gasteiger partial charge on any atom is 0.319 e. The first-order chi connectivity index (χ1) is 10.8. The number of benzene rings is 2. The van der Waals surface area contributed by atoms with Gasteiger partial charge in [-0.2, -0.15) is 0 Å². The van der Waals surface area contributed by atoms with E-state index in [0.29, 0.717) is 11.8 Å². The topological polar surface area (TPSA) is 183 Å². The number of non-ortho nitro benzene ring substituents is 1. The first-order valence-corrected chi connectivity index (χ1v) is 6.02. The van der Waals surface area contributed by atoms with Crippen LogP contribution in [0.5, 0.6) is 5.75 Å². The minimum atomic E-state index is -0.959. The minimum Gasteiger partial charge on any atom is -0.501 e. The van der Waals surface area contributed by atoms with E-state index < -0.39 is 32.7 Å². The van der Waals surface area contributed by atoms with Crippen molar-refractivity contribution >= 4 is 34.1 Å². The zero-order valence-electron chi connectivity index (χ0n) is 11.4. The predicted molar refractivity (Wildman–Crippen MR) is 80.9 cm³/mol. The molecule has 23 heavy (non-hydrogen) atoms. The molecular formula is C12H10N6O5. The summed E-state index contributed by atoms with van der Waals surface area (Å²) in [5.74, 6) is -0.835. The van der Waals surface area contributed by atoms with E-state index in [1.54, 1.807) is 0 Å². The Labute approximate surface area is 128 Å². The summed E-state index contributed by atoms with van der Waals surface area (Å²) in [6.45, 7) is 0. The van der Waals surface area contributed by atoms with Crippen LogP contribution in [0.3, 0.4) is 0 Å². The Morgan fingerprint density at radius 1 is 0.957 bits per heavy atom. The van der Waals surface area contributed by atoms with Gasteiger partial charge in [0.1, 0.15) is 11.4 Å². The summed E-state index contributed by atoms with van der Waals surface area (Å²) in [5, 5.41) is 38.7. The largest absolute Gasteiger partial charge is 0.501 e. The van der Waals surface area contributed by atoms with Crippen LogP contribution in [0.2, 0.25) is 0 Å². The van der Waals surface area contributed by atoms with Crippen LogP contribution in [0.1, 0.15) is 0 Å². The zero-order chi connectivity index (χ0) is 17.1. The molecule has 0 radical (unpaired) electrons. The summed E-state index contributed by atoms with van der Waals surface area (Å²) in [7, 11) is 0. The van der Waals surface area contributed by atoms with Crippen molar-refractivity contribution in [3.63, 3.8) is 0 Å². The highest BCUT2D eigenvalue weighted by atomic mass is 16.6. The molecule has 0 spiro atoms. The van der Waals surface area contributed by atoms with Crippen molar-refractivity contribution in [2.75, 3.05) is 11.5 Å². The second-order valence-corrected chi connectivity index (χ2v) is 4.37. The molecule has 118 valence electrons. The third-order valence-electron chi connectivity index (χ3n) is 2.78. The van der Waals surface area contributed by atoms with E-state index in [4.69, 9.17) is 11.5 Å². The normalized spacial score (nSPS) is 10.8. The lowest BCUT2D eigenvalue weighted by molar-refractivity contribution is -0.394. The summed E-state index contributed by atoms with van der Waals surface area (Å²) < 4.78 is 0. The number of nitrogen functional groups attached to an aromatic ring is 2. The number of aromatic hydroxyl groups is 1. The van der Waals surface area contributed by atoms with E-state index in [9.17, 15) is 25.3 Å². The average Bonchev–Trinajstić information content (AvgIpc) is 2.47. The van der Waals surface area contributed by atoms with Crippen molar-refractivity contribution < 1.29 is 15.0 Å². The number of anilines is 2. The number of nitrogens with zero attached hydrogens (tertiary/aromatic N) is 4. The van der Waals surface area contributed by atoms with Crippen LogP contribution in [0, 0.1) is 20.2 Å². The molecule has 2 aromatic carbocycles. The number of nitro benzene ring substituents is 2. The van der Waals surface area contributed by atoms with Crippen LogP contribution in [-0.2, 0) is 0 Å². The van der Waals surface area contributed by atoms with Crippen LogP contribution < -0.4 is 11.5 Å². The highest BCUT2D eigenvalue weighted by Gasteiger charge is 2.24. The van der Waals surface area contributed by atoms with Gasteiger partial charge in [-0.3, -0.25) is 20.2 Å². The number of phenols is 1. The van der Waals surface area contributed by atoms with Gasteiger partial charge in [0.15, 0.2) is 0 Å². The van der Waals surface area contributed by atoms with Gasteiger partial charge >= 0.3 is 5.69 Å². The Bertz CT molecular complexity index is 835. The number of phenolic OH excluding ortho intramolecular Hbond substituents is 1. The molecule has 0 aliphatic carbocycles. The van der Waals surface area contributed by atoms with Crippen molar-refractivity contribution in [2.45, 2.75) is 0 Å². The highest BCUT2D eigenvalue weighted by Crippen LogP contribution is 2.40. The lowest BCUT2D eigenvalue weighted by atomic mass is 10.2. The van der Waals surface area contributed by atoms with E-state index >= 15 is 0 Å². The number of nitrogens with two attached hydrogens (primary N) is 2. The molecule has 0 aliphatic rings. The first kappa shape index (κ1) is 15.6. The van der Waals surface area contributed by atoms with E-state index in [-0.39, 0.29) is 11.4 Å². The molecular weight excluding hydrogens is 308 g/mol. The fourth-order valence-corrected chi connectivity index (χ4v) is 1.68. The van der Waals surface area contributed by atoms with Crippen LogP contribution in [0.25, 0.3) is 0 Å². The SMILES string of the molecule is Nc1ccc(N=Nc2cc([N+](=O)[O-])cc([N+](=O)[O-])c2O)c(N)c1. The summed E-state index contributed by atoms with van der Waals surface area (Å²) in [6.07, 6.45) is 0. The van der Waals surface area contributed by atoms with Gasteiger partial charge in [0.05, 0.1) is 21.6 Å². The number of azo groups is 1. The van der Waals surface area contributed by atoms with E-state index in [1.807, 2.05) is 0 Å². The quantitative estimate of drug-likeness (QED) is 0.334. The molecule has 0 aromatic heterocycles. The molecule has 0 atom stereocenters. The van der Waals surface area contributed by atoms with Crippen molar-refractivity contribution in [3.05, 3.63) is 50.6 Å². The van der Waals surface area contributed by atoms with E-state index in [2.05, 4.69) is 10.2 Å². The molecule has 0 unspecified atom stereocenters. The maximum atomic E-state index is 10.8. The van der Waals surface area contributed by atoms with Crippen molar-refractivity contribution in [3.8, 4) is 5.75 Å². The van der Waals surface area contributed by atoms with Gasteiger partial charge < -0.3 is 16.6 Å². The molecule has 0 amide bonds. The molecule has 0 saturated carbocycles. The van der Waals surface area contributed by atoms with Gasteiger partial charge in [-0.15, -0.1) is 10.2 Å². The van der Waals surface area contributed by atoms with Gasteiger partial charge in [0, 0.05) is 11.8 Å². The molecule has 0 heterocycles. The van der Waals surface area contributed by atoms with Crippen LogP contribution >= 0.6 is 0 Å². The summed E-state index contributed by atoms with van der Waals surface area (Å²) >= 11 is 0. The molecule has 5 N–H and O–H groups in total.